The van der Waals surface area contributed by atoms with Crippen LogP contribution in [0.1, 0.15) is 10.4 Å². The van der Waals surface area contributed by atoms with Crippen molar-refractivity contribution < 1.29 is 9.72 Å². The number of nitro benzene ring substituents is 1. The molecule has 0 bridgehead atoms. The summed E-state index contributed by atoms with van der Waals surface area (Å²) in [5.74, 6) is -0.437. The van der Waals surface area contributed by atoms with Crippen molar-refractivity contribution in [2.24, 2.45) is 0 Å². The number of carbonyl (C=O) groups is 1. The van der Waals surface area contributed by atoms with E-state index in [1.807, 2.05) is 0 Å². The lowest BCUT2D eigenvalue weighted by atomic mass is 10.1. The molecule has 7 nitrogen and oxygen atoms in total. The highest BCUT2D eigenvalue weighted by Gasteiger charge is 2.17. The molecule has 2 rings (SSSR count). The average molecular weight is 351 g/mol. The Kier molecular flexibility index (Phi) is 4.49. The number of hydrogen-bond acceptors (Lipinski definition) is 5. The maximum Gasteiger partial charge on any atom is 0.293 e. The lowest BCUT2D eigenvalue weighted by Crippen LogP contribution is -2.13. The topological polar surface area (TPSA) is 97.2 Å². The third-order valence-electron chi connectivity index (χ3n) is 2.75. The van der Waals surface area contributed by atoms with Gasteiger partial charge in [-0.3, -0.25) is 19.9 Å². The third-order valence-corrected chi connectivity index (χ3v) is 3.38. The predicted octanol–water partition coefficient (Wildman–Crippen LogP) is 3.05. The van der Waals surface area contributed by atoms with Crippen LogP contribution in [0.5, 0.6) is 0 Å². The molecule has 0 aliphatic rings. The monoisotopic (exact) mass is 350 g/mol. The molecule has 1 aromatic heterocycles. The van der Waals surface area contributed by atoms with Crippen LogP contribution in [0.15, 0.2) is 41.1 Å². The minimum atomic E-state index is -0.537. The van der Waals surface area contributed by atoms with Gasteiger partial charge < -0.3 is 10.6 Å². The molecule has 2 N–H and O–H groups in total. The van der Waals surface area contributed by atoms with Gasteiger partial charge in [-0.1, -0.05) is 0 Å². The quantitative estimate of drug-likeness (QED) is 0.652. The highest BCUT2D eigenvalue weighted by molar-refractivity contribution is 9.10. The first-order chi connectivity index (χ1) is 10.0. The molecule has 0 saturated heterocycles. The highest BCUT2D eigenvalue weighted by Crippen LogP contribution is 2.26. The molecule has 0 radical (unpaired) electrons. The smallest absolute Gasteiger partial charge is 0.293 e. The largest absolute Gasteiger partial charge is 0.383 e. The predicted molar refractivity (Wildman–Crippen MR) is 82.5 cm³/mol. The van der Waals surface area contributed by atoms with E-state index in [1.165, 1.54) is 24.4 Å². The number of aromatic nitrogens is 1. The molecule has 8 heteroatoms. The van der Waals surface area contributed by atoms with Crippen molar-refractivity contribution in [1.82, 2.24) is 4.98 Å². The molecule has 21 heavy (non-hydrogen) atoms. The van der Waals surface area contributed by atoms with E-state index in [0.717, 1.165) is 0 Å². The van der Waals surface area contributed by atoms with E-state index in [1.54, 1.807) is 19.3 Å². The number of nitro groups is 1. The molecule has 1 heterocycles. The first kappa shape index (κ1) is 14.9. The summed E-state index contributed by atoms with van der Waals surface area (Å²) in [5.41, 5.74) is 0.931. The van der Waals surface area contributed by atoms with Crippen LogP contribution in [-0.4, -0.2) is 22.9 Å². The van der Waals surface area contributed by atoms with Crippen LogP contribution < -0.4 is 10.6 Å². The number of pyridine rings is 1. The number of benzene rings is 1. The van der Waals surface area contributed by atoms with Gasteiger partial charge in [-0.25, -0.2) is 0 Å². The maximum absolute atomic E-state index is 12.1. The number of nitrogens with one attached hydrogen (secondary N) is 2. The van der Waals surface area contributed by atoms with Crippen LogP contribution in [-0.2, 0) is 0 Å². The Morgan fingerprint density at radius 3 is 2.71 bits per heavy atom. The lowest BCUT2D eigenvalue weighted by molar-refractivity contribution is -0.384. The van der Waals surface area contributed by atoms with E-state index in [0.29, 0.717) is 15.8 Å². The second kappa shape index (κ2) is 6.31. The lowest BCUT2D eigenvalue weighted by Gasteiger charge is -2.08. The zero-order valence-corrected chi connectivity index (χ0v) is 12.5. The molecule has 1 aromatic carbocycles. The van der Waals surface area contributed by atoms with Crippen LogP contribution in [0.4, 0.5) is 17.1 Å². The number of carbonyl (C=O) groups excluding carboxylic acids is 1. The molecule has 0 aliphatic heterocycles. The second-order valence-corrected chi connectivity index (χ2v) is 4.90. The number of anilines is 2. The first-order valence-electron chi connectivity index (χ1n) is 5.90. The number of hydrogen-bond donors (Lipinski definition) is 2. The zero-order valence-electron chi connectivity index (χ0n) is 11.0. The fraction of sp³-hybridized carbons (Fsp3) is 0.0769. The van der Waals surface area contributed by atoms with Gasteiger partial charge in [0.1, 0.15) is 5.69 Å². The summed E-state index contributed by atoms with van der Waals surface area (Å²) in [6.45, 7) is 0. The second-order valence-electron chi connectivity index (χ2n) is 4.05. The van der Waals surface area contributed by atoms with Gasteiger partial charge in [0.15, 0.2) is 0 Å². The van der Waals surface area contributed by atoms with Gasteiger partial charge in [-0.05, 0) is 34.1 Å². The van der Waals surface area contributed by atoms with Crippen molar-refractivity contribution in [2.45, 2.75) is 0 Å². The van der Waals surface area contributed by atoms with E-state index in [9.17, 15) is 14.9 Å². The summed E-state index contributed by atoms with van der Waals surface area (Å²) in [4.78, 5) is 26.5. The Bertz CT molecular complexity index is 706. The van der Waals surface area contributed by atoms with E-state index in [2.05, 4.69) is 31.5 Å². The highest BCUT2D eigenvalue weighted by atomic mass is 79.9. The fourth-order valence-corrected chi connectivity index (χ4v) is 2.06. The van der Waals surface area contributed by atoms with Gasteiger partial charge in [0, 0.05) is 31.1 Å². The van der Waals surface area contributed by atoms with E-state index < -0.39 is 10.8 Å². The summed E-state index contributed by atoms with van der Waals surface area (Å²) in [7, 11) is 1.58. The molecular formula is C13H11BrN4O3. The molecule has 0 atom stereocenters. The normalized spacial score (nSPS) is 10.0. The Morgan fingerprint density at radius 2 is 2.10 bits per heavy atom. The minimum Gasteiger partial charge on any atom is -0.383 e. The molecule has 0 fully saturated rings. The summed E-state index contributed by atoms with van der Waals surface area (Å²) in [6.07, 6.45) is 3.08. The summed E-state index contributed by atoms with van der Waals surface area (Å²) < 4.78 is 0.625. The van der Waals surface area contributed by atoms with Crippen LogP contribution >= 0.6 is 15.9 Å². The van der Waals surface area contributed by atoms with Crippen molar-refractivity contribution in [3.05, 3.63) is 56.8 Å². The standard InChI is InChI=1S/C13H11BrN4O3/c1-15-11-3-2-8(6-12(11)18(20)21)13(19)17-10-4-5-16-7-9(10)14/h2-7,15H,1H3,(H,16,17,19). The molecule has 0 saturated carbocycles. The van der Waals surface area contributed by atoms with Gasteiger partial charge in [-0.2, -0.15) is 0 Å². The van der Waals surface area contributed by atoms with E-state index in [-0.39, 0.29) is 11.3 Å². The van der Waals surface area contributed by atoms with Gasteiger partial charge in [0.05, 0.1) is 15.1 Å². The molecular weight excluding hydrogens is 340 g/mol. The zero-order chi connectivity index (χ0) is 15.4. The SMILES string of the molecule is CNc1ccc(C(=O)Nc2ccncc2Br)cc1[N+](=O)[O-]. The van der Waals surface area contributed by atoms with Gasteiger partial charge >= 0.3 is 0 Å². The van der Waals surface area contributed by atoms with Gasteiger partial charge in [0.2, 0.25) is 0 Å². The average Bonchev–Trinajstić information content (AvgIpc) is 2.48. The Morgan fingerprint density at radius 1 is 1.33 bits per heavy atom. The number of amides is 1. The maximum atomic E-state index is 12.1. The Labute approximate surface area is 128 Å². The number of halogens is 1. The summed E-state index contributed by atoms with van der Waals surface area (Å²) in [6, 6.07) is 5.87. The van der Waals surface area contributed by atoms with Crippen molar-refractivity contribution in [2.75, 3.05) is 17.7 Å². The molecule has 0 aliphatic carbocycles. The van der Waals surface area contributed by atoms with Crippen molar-refractivity contribution in [1.29, 1.82) is 0 Å². The number of rotatable bonds is 4. The fourth-order valence-electron chi connectivity index (χ4n) is 1.71. The summed E-state index contributed by atoms with van der Waals surface area (Å²) in [5, 5.41) is 16.4. The molecule has 1 amide bonds. The first-order valence-corrected chi connectivity index (χ1v) is 6.69. The van der Waals surface area contributed by atoms with Crippen LogP contribution in [0.25, 0.3) is 0 Å². The third kappa shape index (κ3) is 3.34. The Balaban J connectivity index is 2.30. The van der Waals surface area contributed by atoms with Gasteiger partial charge in [-0.15, -0.1) is 0 Å². The van der Waals surface area contributed by atoms with Crippen LogP contribution in [0, 0.1) is 10.1 Å². The molecule has 2 aromatic rings. The van der Waals surface area contributed by atoms with Crippen molar-refractivity contribution in [3.63, 3.8) is 0 Å². The van der Waals surface area contributed by atoms with Crippen molar-refractivity contribution in [3.8, 4) is 0 Å². The number of nitrogens with zero attached hydrogens (tertiary/aromatic N) is 2. The molecule has 0 spiro atoms. The Hall–Kier alpha value is -2.48. The minimum absolute atomic E-state index is 0.154. The van der Waals surface area contributed by atoms with Crippen molar-refractivity contribution >= 4 is 38.9 Å². The van der Waals surface area contributed by atoms with Crippen LogP contribution in [0.2, 0.25) is 0 Å². The molecule has 0 unspecified atom stereocenters. The van der Waals surface area contributed by atoms with E-state index in [4.69, 9.17) is 0 Å². The van der Waals surface area contributed by atoms with E-state index >= 15 is 0 Å². The molecule has 108 valence electrons. The van der Waals surface area contributed by atoms with Gasteiger partial charge in [0.25, 0.3) is 11.6 Å². The van der Waals surface area contributed by atoms with Crippen LogP contribution in [0.3, 0.4) is 0 Å². The summed E-state index contributed by atoms with van der Waals surface area (Å²) >= 11 is 3.26.